The Morgan fingerprint density at radius 3 is 2.42 bits per heavy atom. The lowest BCUT2D eigenvalue weighted by atomic mass is 9.86. The summed E-state index contributed by atoms with van der Waals surface area (Å²) in [6.07, 6.45) is 2.03. The molecule has 12 heavy (non-hydrogen) atoms. The zero-order valence-electron chi connectivity index (χ0n) is 8.33. The van der Waals surface area contributed by atoms with Gasteiger partial charge in [-0.25, -0.2) is 0 Å². The van der Waals surface area contributed by atoms with E-state index < -0.39 is 0 Å². The van der Waals surface area contributed by atoms with Crippen molar-refractivity contribution < 1.29 is 0 Å². The van der Waals surface area contributed by atoms with Crippen molar-refractivity contribution in [3.8, 4) is 0 Å². The van der Waals surface area contributed by atoms with Crippen LogP contribution in [-0.2, 0) is 12.6 Å². The fourth-order valence-electron chi connectivity index (χ4n) is 1.32. The first kappa shape index (κ1) is 9.33. The summed E-state index contributed by atoms with van der Waals surface area (Å²) >= 11 is 0. The number of aromatic nitrogens is 1. The third kappa shape index (κ3) is 1.39. The highest BCUT2D eigenvalue weighted by atomic mass is 15.0. The van der Waals surface area contributed by atoms with Crippen LogP contribution in [0.25, 0.3) is 0 Å². The summed E-state index contributed by atoms with van der Waals surface area (Å²) in [4.78, 5) is 0. The number of hydrogen-bond acceptors (Lipinski definition) is 1. The molecular weight excluding hydrogens is 148 g/mol. The van der Waals surface area contributed by atoms with E-state index >= 15 is 0 Å². The summed E-state index contributed by atoms with van der Waals surface area (Å²) < 4.78 is 2.08. The second kappa shape index (κ2) is 2.94. The van der Waals surface area contributed by atoms with Gasteiger partial charge in [0.25, 0.3) is 0 Å². The maximum Gasteiger partial charge on any atom is 0.0558 e. The van der Waals surface area contributed by atoms with Gasteiger partial charge >= 0.3 is 0 Å². The Morgan fingerprint density at radius 1 is 1.50 bits per heavy atom. The fraction of sp³-hybridized carbons (Fsp3) is 0.600. The minimum absolute atomic E-state index is 0.224. The van der Waals surface area contributed by atoms with Crippen LogP contribution < -0.4 is 5.73 Å². The van der Waals surface area contributed by atoms with Gasteiger partial charge in [-0.2, -0.15) is 0 Å². The molecule has 68 valence electrons. The molecule has 1 rings (SSSR count). The Kier molecular flexibility index (Phi) is 2.29. The molecule has 0 unspecified atom stereocenters. The molecule has 0 fully saturated rings. The summed E-state index contributed by atoms with van der Waals surface area (Å²) in [6.45, 7) is 6.37. The summed E-state index contributed by atoms with van der Waals surface area (Å²) in [5, 5.41) is 0. The van der Waals surface area contributed by atoms with Crippen molar-refractivity contribution in [3.63, 3.8) is 0 Å². The minimum atomic E-state index is -0.224. The molecule has 0 aliphatic carbocycles. The SMILES string of the molecule is CC(C)[C@@](C)(N)c1cccn1C. The van der Waals surface area contributed by atoms with Crippen molar-refractivity contribution in [2.24, 2.45) is 18.7 Å². The van der Waals surface area contributed by atoms with Crippen molar-refractivity contribution in [2.75, 3.05) is 0 Å². The van der Waals surface area contributed by atoms with Crippen LogP contribution in [0.5, 0.6) is 0 Å². The van der Waals surface area contributed by atoms with Gasteiger partial charge in [0.05, 0.1) is 5.54 Å². The van der Waals surface area contributed by atoms with Crippen LogP contribution in [0.1, 0.15) is 26.5 Å². The number of hydrogen-bond donors (Lipinski definition) is 1. The Hall–Kier alpha value is -0.760. The molecule has 0 aromatic carbocycles. The first-order valence-electron chi connectivity index (χ1n) is 4.37. The number of rotatable bonds is 2. The van der Waals surface area contributed by atoms with Gasteiger partial charge in [0.15, 0.2) is 0 Å². The average molecular weight is 166 g/mol. The Balaban J connectivity index is 3.05. The van der Waals surface area contributed by atoms with Crippen molar-refractivity contribution >= 4 is 0 Å². The van der Waals surface area contributed by atoms with E-state index in [2.05, 4.69) is 31.4 Å². The van der Waals surface area contributed by atoms with E-state index in [0.717, 1.165) is 0 Å². The maximum atomic E-state index is 6.21. The van der Waals surface area contributed by atoms with Gasteiger partial charge in [0.2, 0.25) is 0 Å². The van der Waals surface area contributed by atoms with E-state index in [9.17, 15) is 0 Å². The first-order chi connectivity index (χ1) is 5.46. The van der Waals surface area contributed by atoms with Crippen LogP contribution in [0, 0.1) is 5.92 Å². The van der Waals surface area contributed by atoms with E-state index in [0.29, 0.717) is 5.92 Å². The van der Waals surface area contributed by atoms with Crippen LogP contribution in [-0.4, -0.2) is 4.57 Å². The smallest absolute Gasteiger partial charge is 0.0558 e. The van der Waals surface area contributed by atoms with Gasteiger partial charge in [0, 0.05) is 18.9 Å². The largest absolute Gasteiger partial charge is 0.353 e. The number of nitrogens with zero attached hydrogens (tertiary/aromatic N) is 1. The molecule has 0 aliphatic rings. The average Bonchev–Trinajstić information content (AvgIpc) is 2.35. The highest BCUT2D eigenvalue weighted by Gasteiger charge is 2.27. The molecular formula is C10H18N2. The fourth-order valence-corrected chi connectivity index (χ4v) is 1.32. The van der Waals surface area contributed by atoms with Gasteiger partial charge in [-0.3, -0.25) is 0 Å². The summed E-state index contributed by atoms with van der Waals surface area (Å²) in [5.41, 5.74) is 7.17. The van der Waals surface area contributed by atoms with Crippen molar-refractivity contribution in [1.29, 1.82) is 0 Å². The van der Waals surface area contributed by atoms with Crippen molar-refractivity contribution in [3.05, 3.63) is 24.0 Å². The zero-order valence-corrected chi connectivity index (χ0v) is 8.33. The van der Waals surface area contributed by atoms with Gasteiger partial charge in [0.1, 0.15) is 0 Å². The maximum absolute atomic E-state index is 6.21. The summed E-state index contributed by atoms with van der Waals surface area (Å²) in [5.74, 6) is 0.450. The molecule has 0 amide bonds. The van der Waals surface area contributed by atoms with E-state index in [1.165, 1.54) is 5.69 Å². The second-order valence-corrected chi connectivity index (χ2v) is 3.94. The van der Waals surface area contributed by atoms with E-state index in [1.807, 2.05) is 19.3 Å². The van der Waals surface area contributed by atoms with Gasteiger partial charge in [-0.1, -0.05) is 13.8 Å². The highest BCUT2D eigenvalue weighted by Crippen LogP contribution is 2.25. The lowest BCUT2D eigenvalue weighted by molar-refractivity contribution is 0.333. The number of aryl methyl sites for hydroxylation is 1. The third-order valence-electron chi connectivity index (χ3n) is 2.70. The zero-order chi connectivity index (χ0) is 9.35. The quantitative estimate of drug-likeness (QED) is 0.714. The highest BCUT2D eigenvalue weighted by molar-refractivity contribution is 5.17. The van der Waals surface area contributed by atoms with Crippen LogP contribution in [0.2, 0.25) is 0 Å². The lowest BCUT2D eigenvalue weighted by Gasteiger charge is -2.29. The monoisotopic (exact) mass is 166 g/mol. The summed E-state index contributed by atoms with van der Waals surface area (Å²) in [6, 6.07) is 4.11. The third-order valence-corrected chi connectivity index (χ3v) is 2.70. The van der Waals surface area contributed by atoms with Crippen LogP contribution in [0.15, 0.2) is 18.3 Å². The Bertz CT molecular complexity index is 259. The topological polar surface area (TPSA) is 30.9 Å². The minimum Gasteiger partial charge on any atom is -0.353 e. The normalized spacial score (nSPS) is 16.5. The van der Waals surface area contributed by atoms with Gasteiger partial charge < -0.3 is 10.3 Å². The van der Waals surface area contributed by atoms with Gasteiger partial charge in [-0.15, -0.1) is 0 Å². The van der Waals surface area contributed by atoms with E-state index in [-0.39, 0.29) is 5.54 Å². The van der Waals surface area contributed by atoms with E-state index in [1.54, 1.807) is 0 Å². The molecule has 0 saturated carbocycles. The second-order valence-electron chi connectivity index (χ2n) is 3.94. The molecule has 2 N–H and O–H groups in total. The molecule has 0 bridgehead atoms. The molecule has 1 aromatic rings. The summed E-state index contributed by atoms with van der Waals surface area (Å²) in [7, 11) is 2.03. The van der Waals surface area contributed by atoms with E-state index in [4.69, 9.17) is 5.73 Å². The molecule has 2 heteroatoms. The van der Waals surface area contributed by atoms with Crippen molar-refractivity contribution in [1.82, 2.24) is 4.57 Å². The molecule has 2 nitrogen and oxygen atoms in total. The molecule has 1 aromatic heterocycles. The van der Waals surface area contributed by atoms with Crippen molar-refractivity contribution in [2.45, 2.75) is 26.3 Å². The Morgan fingerprint density at radius 2 is 2.08 bits per heavy atom. The van der Waals surface area contributed by atoms with Crippen LogP contribution in [0.3, 0.4) is 0 Å². The van der Waals surface area contributed by atoms with Gasteiger partial charge in [-0.05, 0) is 25.0 Å². The molecule has 0 aliphatic heterocycles. The standard InChI is InChI=1S/C10H18N2/c1-8(2)10(3,11)9-6-5-7-12(9)4/h5-8H,11H2,1-4H3/t10-/m1/s1. The molecule has 0 spiro atoms. The predicted molar refractivity (Wildman–Crippen MR) is 51.8 cm³/mol. The molecule has 0 radical (unpaired) electrons. The molecule has 1 atom stereocenters. The Labute approximate surface area is 74.4 Å². The molecule has 1 heterocycles. The first-order valence-corrected chi connectivity index (χ1v) is 4.37. The van der Waals surface area contributed by atoms with Crippen LogP contribution in [0.4, 0.5) is 0 Å². The molecule has 0 saturated heterocycles. The number of nitrogens with two attached hydrogens (primary N) is 1. The van der Waals surface area contributed by atoms with Crippen LogP contribution >= 0.6 is 0 Å². The lowest BCUT2D eigenvalue weighted by Crippen LogP contribution is -2.40. The predicted octanol–water partition coefficient (Wildman–Crippen LogP) is 1.85.